The first-order chi connectivity index (χ1) is 8.72. The minimum absolute atomic E-state index is 0.184. The number of benzene rings is 1. The summed E-state index contributed by atoms with van der Waals surface area (Å²) in [6, 6.07) is 8.12. The van der Waals surface area contributed by atoms with Gasteiger partial charge >= 0.3 is 0 Å². The smallest absolute Gasteiger partial charge is 0.165 e. The van der Waals surface area contributed by atoms with E-state index in [1.165, 1.54) is 17.7 Å². The lowest BCUT2D eigenvalue weighted by atomic mass is 9.93. The molecule has 0 atom stereocenters. The van der Waals surface area contributed by atoms with E-state index < -0.39 is 0 Å². The van der Waals surface area contributed by atoms with E-state index in [9.17, 15) is 4.79 Å². The molecule has 0 bridgehead atoms. The van der Waals surface area contributed by atoms with Gasteiger partial charge in [-0.15, -0.1) is 11.8 Å². The number of carbonyl (C=O) groups is 1. The molecule has 0 aliphatic rings. The molecule has 0 saturated carbocycles. The third-order valence-electron chi connectivity index (χ3n) is 3.26. The average molecular weight is 264 g/mol. The van der Waals surface area contributed by atoms with Gasteiger partial charge in [-0.05, 0) is 37.1 Å². The minimum Gasteiger partial charge on any atom is -0.294 e. The molecule has 2 heteroatoms. The normalized spacial score (nSPS) is 10.9. The Hall–Kier alpha value is -0.760. The first-order valence-corrected chi connectivity index (χ1v) is 7.98. The first kappa shape index (κ1) is 15.3. The van der Waals surface area contributed by atoms with Gasteiger partial charge in [0.25, 0.3) is 0 Å². The fourth-order valence-corrected chi connectivity index (χ4v) is 2.94. The molecule has 0 unspecified atom stereocenters. The molecule has 1 aromatic rings. The second kappa shape index (κ2) is 8.36. The number of thioether (sulfide) groups is 1. The van der Waals surface area contributed by atoms with E-state index in [2.05, 4.69) is 32.9 Å². The van der Waals surface area contributed by atoms with Gasteiger partial charge in [0.15, 0.2) is 5.78 Å². The molecule has 1 nitrogen and oxygen atoms in total. The Bertz CT molecular complexity index is 352. The van der Waals surface area contributed by atoms with Crippen LogP contribution in [-0.2, 0) is 0 Å². The zero-order valence-corrected chi connectivity index (χ0v) is 12.6. The summed E-state index contributed by atoms with van der Waals surface area (Å²) >= 11 is 1.87. The Balaban J connectivity index is 2.61. The van der Waals surface area contributed by atoms with Crippen molar-refractivity contribution >= 4 is 17.5 Å². The summed E-state index contributed by atoms with van der Waals surface area (Å²) in [5, 5.41) is 0. The van der Waals surface area contributed by atoms with Crippen LogP contribution in [0.2, 0.25) is 0 Å². The zero-order chi connectivity index (χ0) is 13.4. The number of carbonyl (C=O) groups excluding carboxylic acids is 1. The van der Waals surface area contributed by atoms with Crippen molar-refractivity contribution in [2.75, 3.05) is 5.75 Å². The third-order valence-corrected chi connectivity index (χ3v) is 4.36. The molecule has 0 saturated heterocycles. The Morgan fingerprint density at radius 2 is 1.72 bits per heavy atom. The summed E-state index contributed by atoms with van der Waals surface area (Å²) in [6.07, 6.45) is 4.35. The largest absolute Gasteiger partial charge is 0.294 e. The highest BCUT2D eigenvalue weighted by atomic mass is 32.2. The molecule has 0 aliphatic carbocycles. The predicted octanol–water partition coefficient (Wildman–Crippen LogP) is 5.20. The van der Waals surface area contributed by atoms with Gasteiger partial charge in [0.1, 0.15) is 0 Å². The van der Waals surface area contributed by atoms with E-state index >= 15 is 0 Å². The van der Waals surface area contributed by atoms with Gasteiger partial charge in [-0.25, -0.2) is 0 Å². The number of ketones is 1. The van der Waals surface area contributed by atoms with Crippen LogP contribution in [0.3, 0.4) is 0 Å². The van der Waals surface area contributed by atoms with Crippen molar-refractivity contribution in [2.45, 2.75) is 51.3 Å². The molecule has 0 aliphatic heterocycles. The lowest BCUT2D eigenvalue weighted by Gasteiger charge is -2.11. The lowest BCUT2D eigenvalue weighted by Crippen LogP contribution is -2.12. The summed E-state index contributed by atoms with van der Waals surface area (Å²) in [4.78, 5) is 13.4. The number of hydrogen-bond donors (Lipinski definition) is 0. The van der Waals surface area contributed by atoms with Crippen LogP contribution in [0.5, 0.6) is 0 Å². The zero-order valence-electron chi connectivity index (χ0n) is 11.7. The fraction of sp³-hybridized carbons (Fsp3) is 0.562. The molecule has 100 valence electrons. The Kier molecular flexibility index (Phi) is 7.11. The van der Waals surface area contributed by atoms with Crippen LogP contribution < -0.4 is 0 Å². The molecule has 1 rings (SSSR count). The molecule has 1 aromatic carbocycles. The van der Waals surface area contributed by atoms with Crippen LogP contribution in [0.25, 0.3) is 0 Å². The summed E-state index contributed by atoms with van der Waals surface area (Å²) < 4.78 is 0. The van der Waals surface area contributed by atoms with Gasteiger partial charge in [0, 0.05) is 16.4 Å². The quantitative estimate of drug-likeness (QED) is 0.365. The highest BCUT2D eigenvalue weighted by Gasteiger charge is 2.15. The molecule has 0 amide bonds. The molecule has 0 N–H and O–H groups in total. The van der Waals surface area contributed by atoms with Crippen molar-refractivity contribution in [3.05, 3.63) is 29.8 Å². The third kappa shape index (κ3) is 4.49. The van der Waals surface area contributed by atoms with Gasteiger partial charge < -0.3 is 0 Å². The van der Waals surface area contributed by atoms with Gasteiger partial charge in [0.2, 0.25) is 0 Å². The van der Waals surface area contributed by atoms with E-state index in [4.69, 9.17) is 0 Å². The highest BCUT2D eigenvalue weighted by molar-refractivity contribution is 7.99. The minimum atomic E-state index is 0.184. The van der Waals surface area contributed by atoms with E-state index in [1.54, 1.807) is 0 Å². The maximum absolute atomic E-state index is 12.2. The summed E-state index contributed by atoms with van der Waals surface area (Å²) in [5.41, 5.74) is 0.864. The monoisotopic (exact) mass is 264 g/mol. The highest BCUT2D eigenvalue weighted by Crippen LogP contribution is 2.22. The van der Waals surface area contributed by atoms with E-state index in [0.29, 0.717) is 5.78 Å². The maximum atomic E-state index is 12.2. The van der Waals surface area contributed by atoms with Crippen LogP contribution >= 0.6 is 11.8 Å². The Labute approximate surface area is 115 Å². The lowest BCUT2D eigenvalue weighted by molar-refractivity contribution is 0.0913. The molecular formula is C16H24OS. The summed E-state index contributed by atoms with van der Waals surface area (Å²) in [5.74, 6) is 1.64. The Morgan fingerprint density at radius 3 is 2.22 bits per heavy atom. The molecule has 0 spiro atoms. The second-order valence-electron chi connectivity index (χ2n) is 4.60. The summed E-state index contributed by atoms with van der Waals surface area (Å²) in [7, 11) is 0. The number of unbranched alkanes of at least 4 members (excludes halogenated alkanes) is 1. The molecule has 0 radical (unpaired) electrons. The molecule has 0 aromatic heterocycles. The first-order valence-electron chi connectivity index (χ1n) is 6.99. The van der Waals surface area contributed by atoms with Gasteiger partial charge in [-0.1, -0.05) is 39.3 Å². The van der Waals surface area contributed by atoms with Crippen LogP contribution in [0, 0.1) is 5.92 Å². The SMILES string of the molecule is CCCCSc1ccc(C(=O)C(CC)CC)cc1. The number of Topliss-reactive ketones (excluding diaryl/α,β-unsaturated/α-hetero) is 1. The van der Waals surface area contributed by atoms with E-state index in [1.807, 2.05) is 23.9 Å². The number of hydrogen-bond acceptors (Lipinski definition) is 2. The van der Waals surface area contributed by atoms with Crippen molar-refractivity contribution < 1.29 is 4.79 Å². The predicted molar refractivity (Wildman–Crippen MR) is 80.5 cm³/mol. The van der Waals surface area contributed by atoms with Gasteiger partial charge in [-0.2, -0.15) is 0 Å². The topological polar surface area (TPSA) is 17.1 Å². The van der Waals surface area contributed by atoms with Crippen LogP contribution in [0.4, 0.5) is 0 Å². The molecular weight excluding hydrogens is 240 g/mol. The number of rotatable bonds is 8. The average Bonchev–Trinajstić information content (AvgIpc) is 2.41. The van der Waals surface area contributed by atoms with Crippen molar-refractivity contribution in [3.63, 3.8) is 0 Å². The summed E-state index contributed by atoms with van der Waals surface area (Å²) in [6.45, 7) is 6.38. The van der Waals surface area contributed by atoms with Crippen molar-refractivity contribution in [2.24, 2.45) is 5.92 Å². The van der Waals surface area contributed by atoms with Gasteiger partial charge in [-0.3, -0.25) is 4.79 Å². The van der Waals surface area contributed by atoms with Crippen molar-refractivity contribution in [1.82, 2.24) is 0 Å². The van der Waals surface area contributed by atoms with Crippen LogP contribution in [0.15, 0.2) is 29.2 Å². The second-order valence-corrected chi connectivity index (χ2v) is 5.77. The molecule has 0 fully saturated rings. The Morgan fingerprint density at radius 1 is 1.11 bits per heavy atom. The van der Waals surface area contributed by atoms with Crippen molar-refractivity contribution in [1.29, 1.82) is 0 Å². The standard InChI is InChI=1S/C16H24OS/c1-4-7-12-18-15-10-8-14(9-11-15)16(17)13(5-2)6-3/h8-11,13H,4-7,12H2,1-3H3. The van der Waals surface area contributed by atoms with Crippen LogP contribution in [-0.4, -0.2) is 11.5 Å². The molecule has 0 heterocycles. The van der Waals surface area contributed by atoms with Gasteiger partial charge in [0.05, 0.1) is 0 Å². The van der Waals surface area contributed by atoms with E-state index in [-0.39, 0.29) is 5.92 Å². The fourth-order valence-electron chi connectivity index (χ4n) is 1.94. The van der Waals surface area contributed by atoms with E-state index in [0.717, 1.165) is 24.2 Å². The van der Waals surface area contributed by atoms with Crippen molar-refractivity contribution in [3.8, 4) is 0 Å². The maximum Gasteiger partial charge on any atom is 0.165 e. The molecule has 18 heavy (non-hydrogen) atoms. The van der Waals surface area contributed by atoms with Crippen LogP contribution in [0.1, 0.15) is 56.8 Å².